The Hall–Kier alpha value is -2.30. The predicted octanol–water partition coefficient (Wildman–Crippen LogP) is 1.38. The molecule has 0 saturated heterocycles. The summed E-state index contributed by atoms with van der Waals surface area (Å²) in [7, 11) is 1.68. The van der Waals surface area contributed by atoms with Crippen LogP contribution in [0.3, 0.4) is 0 Å². The number of aryl methyl sites for hydroxylation is 1. The van der Waals surface area contributed by atoms with Crippen LogP contribution in [0.2, 0.25) is 0 Å². The summed E-state index contributed by atoms with van der Waals surface area (Å²) in [5.74, 6) is -0.0993. The van der Waals surface area contributed by atoms with Crippen LogP contribution in [0.15, 0.2) is 29.5 Å². The van der Waals surface area contributed by atoms with Crippen LogP contribution in [-0.4, -0.2) is 30.4 Å². The molecule has 0 saturated carbocycles. The number of carbonyl (C=O) groups is 2. The van der Waals surface area contributed by atoms with E-state index in [2.05, 4.69) is 10.6 Å². The minimum absolute atomic E-state index is 0.0993. The molecule has 0 aliphatic carbocycles. The molecule has 0 aromatic heterocycles. The topological polar surface area (TPSA) is 61.4 Å². The number of nitrogens with zero attached hydrogens (tertiary/aromatic N) is 1. The smallest absolute Gasteiger partial charge is 0.322 e. The molecule has 104 valence electrons. The number of urea groups is 1. The second kappa shape index (κ2) is 4.37. The first-order chi connectivity index (χ1) is 9.50. The normalized spacial score (nSPS) is 21.8. The van der Waals surface area contributed by atoms with Gasteiger partial charge in [0.05, 0.1) is 23.9 Å². The first kappa shape index (κ1) is 12.7. The lowest BCUT2D eigenvalue weighted by Crippen LogP contribution is -2.45. The highest BCUT2D eigenvalue weighted by molar-refractivity contribution is 6.01. The van der Waals surface area contributed by atoms with E-state index >= 15 is 0 Å². The van der Waals surface area contributed by atoms with Crippen molar-refractivity contribution in [1.29, 1.82) is 0 Å². The van der Waals surface area contributed by atoms with Gasteiger partial charge < -0.3 is 10.6 Å². The molecule has 5 heteroatoms. The number of carbonyl (C=O) groups excluding carboxylic acids is 2. The maximum absolute atomic E-state index is 12.1. The molecular weight excluding hydrogens is 254 g/mol. The Bertz CT molecular complexity index is 649. The highest BCUT2D eigenvalue weighted by atomic mass is 16.2. The summed E-state index contributed by atoms with van der Waals surface area (Å²) in [4.78, 5) is 25.7. The maximum atomic E-state index is 12.1. The van der Waals surface area contributed by atoms with Crippen molar-refractivity contribution in [1.82, 2.24) is 15.5 Å². The van der Waals surface area contributed by atoms with Crippen molar-refractivity contribution >= 4 is 11.9 Å². The fourth-order valence-electron chi connectivity index (χ4n) is 2.82. The summed E-state index contributed by atoms with van der Waals surface area (Å²) in [6.07, 6.45) is 0. The first-order valence-corrected chi connectivity index (χ1v) is 6.62. The third-order valence-electron chi connectivity index (χ3n) is 4.20. The van der Waals surface area contributed by atoms with E-state index in [1.165, 1.54) is 4.90 Å². The van der Waals surface area contributed by atoms with Crippen molar-refractivity contribution in [3.05, 3.63) is 46.2 Å². The maximum Gasteiger partial charge on any atom is 0.322 e. The summed E-state index contributed by atoms with van der Waals surface area (Å²) in [5.41, 5.74) is 4.66. The van der Waals surface area contributed by atoms with Gasteiger partial charge in [-0.15, -0.1) is 0 Å². The summed E-state index contributed by atoms with van der Waals surface area (Å²) < 4.78 is 0. The van der Waals surface area contributed by atoms with Crippen molar-refractivity contribution in [3.63, 3.8) is 0 Å². The molecule has 1 unspecified atom stereocenters. The van der Waals surface area contributed by atoms with E-state index in [4.69, 9.17) is 0 Å². The lowest BCUT2D eigenvalue weighted by molar-refractivity contribution is -0.116. The van der Waals surface area contributed by atoms with E-state index in [1.807, 2.05) is 32.0 Å². The average molecular weight is 271 g/mol. The number of hydrogen-bond acceptors (Lipinski definition) is 2. The second-order valence-electron chi connectivity index (χ2n) is 5.27. The first-order valence-electron chi connectivity index (χ1n) is 6.62. The molecule has 0 bridgehead atoms. The molecule has 2 aliphatic rings. The average Bonchev–Trinajstić information content (AvgIpc) is 2.80. The Balaban J connectivity index is 2.15. The molecule has 2 N–H and O–H groups in total. The van der Waals surface area contributed by atoms with Crippen molar-refractivity contribution in [2.45, 2.75) is 19.9 Å². The van der Waals surface area contributed by atoms with Crippen LogP contribution in [0.1, 0.15) is 22.7 Å². The van der Waals surface area contributed by atoms with Gasteiger partial charge in [-0.1, -0.05) is 18.2 Å². The Labute approximate surface area is 117 Å². The van der Waals surface area contributed by atoms with Crippen LogP contribution in [0, 0.1) is 13.8 Å². The SMILES string of the molecule is Cc1cccc(C2NC(=O)N(C)C3=C2C(=O)NC3)c1C. The molecule has 2 aliphatic heterocycles. The van der Waals surface area contributed by atoms with E-state index < -0.39 is 0 Å². The highest BCUT2D eigenvalue weighted by Crippen LogP contribution is 2.34. The monoisotopic (exact) mass is 271 g/mol. The third kappa shape index (κ3) is 1.70. The zero-order chi connectivity index (χ0) is 14.4. The Morgan fingerprint density at radius 2 is 2.00 bits per heavy atom. The van der Waals surface area contributed by atoms with Crippen molar-refractivity contribution in [3.8, 4) is 0 Å². The molecule has 0 spiro atoms. The number of amides is 3. The summed E-state index contributed by atoms with van der Waals surface area (Å²) >= 11 is 0. The molecule has 1 aromatic rings. The molecule has 0 radical (unpaired) electrons. The van der Waals surface area contributed by atoms with Crippen LogP contribution >= 0.6 is 0 Å². The zero-order valence-electron chi connectivity index (χ0n) is 11.8. The van der Waals surface area contributed by atoms with Gasteiger partial charge in [0, 0.05) is 7.05 Å². The molecule has 3 amide bonds. The molecule has 3 rings (SSSR count). The molecule has 5 nitrogen and oxygen atoms in total. The van der Waals surface area contributed by atoms with Crippen molar-refractivity contribution in [2.75, 3.05) is 13.6 Å². The standard InChI is InChI=1S/C15H17N3O2/c1-8-5-4-6-10(9(8)2)13-12-11(7-16-14(12)19)18(3)15(20)17-13/h4-6,13H,7H2,1-3H3,(H,16,19)(H,17,20). The van der Waals surface area contributed by atoms with Gasteiger partial charge >= 0.3 is 6.03 Å². The summed E-state index contributed by atoms with van der Waals surface area (Å²) in [6.45, 7) is 4.46. The van der Waals surface area contributed by atoms with Gasteiger partial charge in [-0.05, 0) is 30.5 Å². The fourth-order valence-corrected chi connectivity index (χ4v) is 2.82. The van der Waals surface area contributed by atoms with Gasteiger partial charge in [0.15, 0.2) is 0 Å². The van der Waals surface area contributed by atoms with Crippen LogP contribution in [0.25, 0.3) is 0 Å². The Kier molecular flexibility index (Phi) is 2.78. The molecular formula is C15H17N3O2. The van der Waals surface area contributed by atoms with Gasteiger partial charge in [-0.2, -0.15) is 0 Å². The quantitative estimate of drug-likeness (QED) is 0.810. The van der Waals surface area contributed by atoms with E-state index in [-0.39, 0.29) is 18.0 Å². The minimum Gasteiger partial charge on any atom is -0.347 e. The van der Waals surface area contributed by atoms with Gasteiger partial charge in [-0.25, -0.2) is 4.79 Å². The Morgan fingerprint density at radius 1 is 1.25 bits per heavy atom. The Morgan fingerprint density at radius 3 is 2.75 bits per heavy atom. The van der Waals surface area contributed by atoms with Crippen LogP contribution in [-0.2, 0) is 4.79 Å². The van der Waals surface area contributed by atoms with E-state index in [0.717, 1.165) is 22.4 Å². The lowest BCUT2D eigenvalue weighted by atomic mass is 9.91. The summed E-state index contributed by atoms with van der Waals surface area (Å²) in [6, 6.07) is 5.41. The number of likely N-dealkylation sites (N-methyl/N-ethyl adjacent to an activating group) is 1. The lowest BCUT2D eigenvalue weighted by Gasteiger charge is -2.32. The number of nitrogens with one attached hydrogen (secondary N) is 2. The fraction of sp³-hybridized carbons (Fsp3) is 0.333. The zero-order valence-corrected chi connectivity index (χ0v) is 11.8. The molecule has 20 heavy (non-hydrogen) atoms. The molecule has 0 fully saturated rings. The van der Waals surface area contributed by atoms with E-state index in [0.29, 0.717) is 12.1 Å². The number of hydrogen-bond donors (Lipinski definition) is 2. The summed E-state index contributed by atoms with van der Waals surface area (Å²) in [5, 5.41) is 5.72. The van der Waals surface area contributed by atoms with Crippen LogP contribution in [0.4, 0.5) is 4.79 Å². The third-order valence-corrected chi connectivity index (χ3v) is 4.20. The molecule has 1 aromatic carbocycles. The van der Waals surface area contributed by atoms with Gasteiger partial charge in [-0.3, -0.25) is 9.69 Å². The van der Waals surface area contributed by atoms with Crippen molar-refractivity contribution < 1.29 is 9.59 Å². The highest BCUT2D eigenvalue weighted by Gasteiger charge is 2.39. The van der Waals surface area contributed by atoms with Crippen LogP contribution < -0.4 is 10.6 Å². The van der Waals surface area contributed by atoms with Crippen LogP contribution in [0.5, 0.6) is 0 Å². The number of benzene rings is 1. The number of rotatable bonds is 1. The van der Waals surface area contributed by atoms with Gasteiger partial charge in [0.2, 0.25) is 0 Å². The molecule has 2 heterocycles. The molecule has 1 atom stereocenters. The predicted molar refractivity (Wildman–Crippen MR) is 75.0 cm³/mol. The van der Waals surface area contributed by atoms with Crippen molar-refractivity contribution in [2.24, 2.45) is 0 Å². The largest absolute Gasteiger partial charge is 0.347 e. The van der Waals surface area contributed by atoms with E-state index in [1.54, 1.807) is 7.05 Å². The second-order valence-corrected chi connectivity index (χ2v) is 5.27. The minimum atomic E-state index is -0.365. The van der Waals surface area contributed by atoms with Gasteiger partial charge in [0.1, 0.15) is 0 Å². The van der Waals surface area contributed by atoms with Gasteiger partial charge in [0.25, 0.3) is 5.91 Å². The van der Waals surface area contributed by atoms with E-state index in [9.17, 15) is 9.59 Å².